The van der Waals surface area contributed by atoms with Gasteiger partial charge < -0.3 is 0 Å². The number of benzene rings is 1. The van der Waals surface area contributed by atoms with Crippen molar-refractivity contribution < 1.29 is 14.6 Å². The summed E-state index contributed by atoms with van der Waals surface area (Å²) in [6, 6.07) is 3.44. The van der Waals surface area contributed by atoms with Crippen molar-refractivity contribution in [3.63, 3.8) is 0 Å². The fourth-order valence-corrected chi connectivity index (χ4v) is 8.95. The first-order chi connectivity index (χ1) is 19.9. The Hall–Kier alpha value is -2.97. The maximum atomic E-state index is 13.3. The standard InChI is InChI=1S/C33H48N4O5/c1-22(2)9-8-10-23(3)26-13-14-27-25(28(16-19-32(26,27)4)33(5)18-7-6-11-31(33)38)17-20-34-35-29-15-12-24(36(39)40)21-30(29)37(41)42/h6,11-12,15,21-23,25-28H,7-10,13-14,16-20H2,1-5H3/t23-,25?,26-,27?,28?,32-,33-/m1/s1. The van der Waals surface area contributed by atoms with Gasteiger partial charge in [-0.2, -0.15) is 5.11 Å². The average Bonchev–Trinajstić information content (AvgIpc) is 3.29. The predicted molar refractivity (Wildman–Crippen MR) is 164 cm³/mol. The van der Waals surface area contributed by atoms with Gasteiger partial charge in [0.15, 0.2) is 11.5 Å². The zero-order chi connectivity index (χ0) is 30.7. The Morgan fingerprint density at radius 3 is 2.43 bits per heavy atom. The first-order valence-corrected chi connectivity index (χ1v) is 15.9. The van der Waals surface area contributed by atoms with Crippen LogP contribution in [-0.2, 0) is 4.79 Å². The highest BCUT2D eigenvalue weighted by atomic mass is 16.6. The molecular weight excluding hydrogens is 532 g/mol. The van der Waals surface area contributed by atoms with Gasteiger partial charge in [-0.1, -0.05) is 60.0 Å². The van der Waals surface area contributed by atoms with Crippen molar-refractivity contribution in [3.8, 4) is 0 Å². The lowest BCUT2D eigenvalue weighted by Crippen LogP contribution is -2.50. The van der Waals surface area contributed by atoms with Crippen molar-refractivity contribution in [2.45, 2.75) is 98.8 Å². The van der Waals surface area contributed by atoms with Crippen LogP contribution in [0.2, 0.25) is 0 Å². The number of hydrogen-bond acceptors (Lipinski definition) is 7. The Morgan fingerprint density at radius 1 is 1.00 bits per heavy atom. The molecule has 42 heavy (non-hydrogen) atoms. The Labute approximate surface area is 249 Å². The zero-order valence-electron chi connectivity index (χ0n) is 26.0. The molecule has 0 radical (unpaired) electrons. The summed E-state index contributed by atoms with van der Waals surface area (Å²) in [5, 5.41) is 31.2. The van der Waals surface area contributed by atoms with Gasteiger partial charge in [-0.3, -0.25) is 25.0 Å². The fraction of sp³-hybridized carbons (Fsp3) is 0.727. The molecule has 7 atom stereocenters. The van der Waals surface area contributed by atoms with Crippen LogP contribution in [0.4, 0.5) is 17.1 Å². The molecule has 0 heterocycles. The number of ketones is 1. The van der Waals surface area contributed by atoms with Crippen LogP contribution in [0, 0.1) is 66.6 Å². The lowest BCUT2D eigenvalue weighted by atomic mass is 9.50. The summed E-state index contributed by atoms with van der Waals surface area (Å²) in [7, 11) is 0. The summed E-state index contributed by atoms with van der Waals surface area (Å²) in [5.41, 5.74) is -0.898. The molecule has 0 amide bonds. The third-order valence-corrected chi connectivity index (χ3v) is 11.2. The first kappa shape index (κ1) is 32.0. The summed E-state index contributed by atoms with van der Waals surface area (Å²) >= 11 is 0. The van der Waals surface area contributed by atoms with Crippen LogP contribution in [-0.4, -0.2) is 22.2 Å². The molecule has 1 aromatic rings. The van der Waals surface area contributed by atoms with Crippen LogP contribution in [0.15, 0.2) is 40.6 Å². The van der Waals surface area contributed by atoms with Crippen LogP contribution in [0.1, 0.15) is 98.8 Å². The number of carbonyl (C=O) groups excluding carboxylic acids is 1. The number of carbonyl (C=O) groups is 1. The van der Waals surface area contributed by atoms with E-state index in [4.69, 9.17) is 0 Å². The van der Waals surface area contributed by atoms with Crippen molar-refractivity contribution in [3.05, 3.63) is 50.6 Å². The van der Waals surface area contributed by atoms with Crippen molar-refractivity contribution in [1.29, 1.82) is 0 Å². The molecule has 0 aromatic heterocycles. The number of nitrogens with zero attached hydrogens (tertiary/aromatic N) is 4. The Bertz CT molecular complexity index is 1230. The SMILES string of the molecule is CC(C)CCC[C@@H](C)[C@H]1CCC2C(CCN=Nc3ccc([N+](=O)[O-])cc3[N+](=O)[O-])C([C@@]3(C)CCC=CC3=O)CC[C@@]21C. The Balaban J connectivity index is 1.56. The predicted octanol–water partition coefficient (Wildman–Crippen LogP) is 9.42. The zero-order valence-corrected chi connectivity index (χ0v) is 26.0. The minimum absolute atomic E-state index is 0.0198. The monoisotopic (exact) mass is 580 g/mol. The van der Waals surface area contributed by atoms with Crippen LogP contribution < -0.4 is 0 Å². The second kappa shape index (κ2) is 13.1. The van der Waals surface area contributed by atoms with Gasteiger partial charge in [0, 0.05) is 11.5 Å². The second-order valence-electron chi connectivity index (χ2n) is 14.1. The molecule has 230 valence electrons. The van der Waals surface area contributed by atoms with Crippen LogP contribution in [0.25, 0.3) is 0 Å². The molecule has 1 aromatic carbocycles. The highest BCUT2D eigenvalue weighted by molar-refractivity contribution is 5.95. The molecule has 4 rings (SSSR count). The molecule has 2 saturated carbocycles. The largest absolute Gasteiger partial charge is 0.303 e. The van der Waals surface area contributed by atoms with Crippen LogP contribution in [0.5, 0.6) is 0 Å². The molecule has 2 fully saturated rings. The Kier molecular flexibility index (Phi) is 9.99. The molecule has 3 aliphatic rings. The molecule has 0 bridgehead atoms. The third kappa shape index (κ3) is 6.50. The van der Waals surface area contributed by atoms with Crippen molar-refractivity contribution >= 4 is 22.8 Å². The third-order valence-electron chi connectivity index (χ3n) is 11.2. The lowest BCUT2D eigenvalue weighted by Gasteiger charge is -2.54. The summed E-state index contributed by atoms with van der Waals surface area (Å²) in [4.78, 5) is 34.7. The van der Waals surface area contributed by atoms with E-state index in [1.165, 1.54) is 44.2 Å². The van der Waals surface area contributed by atoms with E-state index in [1.807, 2.05) is 6.08 Å². The molecule has 0 spiro atoms. The van der Waals surface area contributed by atoms with Gasteiger partial charge in [0.2, 0.25) is 0 Å². The molecular formula is C33H48N4O5. The minimum Gasteiger partial charge on any atom is -0.294 e. The number of azo groups is 1. The quantitative estimate of drug-likeness (QED) is 0.138. The summed E-state index contributed by atoms with van der Waals surface area (Å²) in [6.07, 6.45) is 14.8. The molecule has 0 N–H and O–H groups in total. The molecule has 3 aliphatic carbocycles. The van der Waals surface area contributed by atoms with E-state index < -0.39 is 15.5 Å². The van der Waals surface area contributed by atoms with E-state index in [2.05, 4.69) is 44.8 Å². The smallest absolute Gasteiger partial charge is 0.294 e. The van der Waals surface area contributed by atoms with Crippen molar-refractivity contribution in [2.24, 2.45) is 56.6 Å². The van der Waals surface area contributed by atoms with Gasteiger partial charge in [-0.15, -0.1) is 5.11 Å². The molecule has 3 unspecified atom stereocenters. The number of rotatable bonds is 12. The summed E-state index contributed by atoms with van der Waals surface area (Å²) in [5.74, 6) is 3.42. The fourth-order valence-electron chi connectivity index (χ4n) is 8.95. The molecule has 0 aliphatic heterocycles. The van der Waals surface area contributed by atoms with E-state index in [0.717, 1.165) is 44.1 Å². The maximum absolute atomic E-state index is 13.3. The highest BCUT2D eigenvalue weighted by Crippen LogP contribution is 2.64. The normalized spacial score (nSPS) is 31.9. The Morgan fingerprint density at radius 2 is 1.76 bits per heavy atom. The van der Waals surface area contributed by atoms with Crippen LogP contribution in [0.3, 0.4) is 0 Å². The number of allylic oxidation sites excluding steroid dienone is 2. The van der Waals surface area contributed by atoms with Crippen molar-refractivity contribution in [2.75, 3.05) is 6.54 Å². The van der Waals surface area contributed by atoms with Gasteiger partial charge in [-0.05, 0) is 98.0 Å². The van der Waals surface area contributed by atoms with E-state index >= 15 is 0 Å². The topological polar surface area (TPSA) is 128 Å². The van der Waals surface area contributed by atoms with Crippen LogP contribution >= 0.6 is 0 Å². The van der Waals surface area contributed by atoms with Gasteiger partial charge in [0.25, 0.3) is 5.69 Å². The lowest BCUT2D eigenvalue weighted by molar-refractivity contribution is -0.393. The number of fused-ring (bicyclic) bond motifs is 1. The molecule has 9 heteroatoms. The summed E-state index contributed by atoms with van der Waals surface area (Å²) < 4.78 is 0. The maximum Gasteiger partial charge on any atom is 0.303 e. The van der Waals surface area contributed by atoms with E-state index in [9.17, 15) is 25.0 Å². The van der Waals surface area contributed by atoms with E-state index in [-0.39, 0.29) is 33.9 Å². The van der Waals surface area contributed by atoms with E-state index in [0.29, 0.717) is 30.2 Å². The highest BCUT2D eigenvalue weighted by Gasteiger charge is 2.58. The van der Waals surface area contributed by atoms with Gasteiger partial charge in [-0.25, -0.2) is 0 Å². The van der Waals surface area contributed by atoms with Gasteiger partial charge in [0.1, 0.15) is 0 Å². The average molecular weight is 581 g/mol. The van der Waals surface area contributed by atoms with Crippen molar-refractivity contribution in [1.82, 2.24) is 0 Å². The molecule has 0 saturated heterocycles. The van der Waals surface area contributed by atoms with Gasteiger partial charge >= 0.3 is 5.69 Å². The molecule has 9 nitrogen and oxygen atoms in total. The van der Waals surface area contributed by atoms with Gasteiger partial charge in [0.05, 0.1) is 22.5 Å². The number of non-ortho nitro benzene ring substituents is 1. The number of nitro groups is 2. The number of nitro benzene ring substituents is 2. The summed E-state index contributed by atoms with van der Waals surface area (Å²) in [6.45, 7) is 12.1. The first-order valence-electron chi connectivity index (χ1n) is 15.9. The number of hydrogen-bond donors (Lipinski definition) is 0. The van der Waals surface area contributed by atoms with E-state index in [1.54, 1.807) is 6.08 Å². The minimum atomic E-state index is -0.659. The second-order valence-corrected chi connectivity index (χ2v) is 14.1.